The monoisotopic (exact) mass is 415 g/mol. The number of hydrazone groups is 1. The van der Waals surface area contributed by atoms with Crippen LogP contribution in [0.4, 0.5) is 5.69 Å². The molecule has 0 aromatic heterocycles. The minimum absolute atomic E-state index is 0.0593. The summed E-state index contributed by atoms with van der Waals surface area (Å²) in [5.74, 6) is -0.752. The van der Waals surface area contributed by atoms with Gasteiger partial charge in [0, 0.05) is 16.7 Å². The highest BCUT2D eigenvalue weighted by Crippen LogP contribution is 2.36. The molecule has 0 unspecified atom stereocenters. The highest BCUT2D eigenvalue weighted by atomic mass is 35.5. The average molecular weight is 416 g/mol. The number of sulfonamides is 1. The van der Waals surface area contributed by atoms with Crippen LogP contribution in [0, 0.1) is 10.1 Å². The summed E-state index contributed by atoms with van der Waals surface area (Å²) in [6, 6.07) is 6.29. The van der Waals surface area contributed by atoms with Gasteiger partial charge in [0.05, 0.1) is 25.4 Å². The van der Waals surface area contributed by atoms with Crippen molar-refractivity contribution in [1.29, 1.82) is 0 Å². The Bertz CT molecular complexity index is 1010. The van der Waals surface area contributed by atoms with Crippen LogP contribution in [0.25, 0.3) is 0 Å². The third-order valence-electron chi connectivity index (χ3n) is 3.30. The molecule has 0 radical (unpaired) electrons. The van der Waals surface area contributed by atoms with Gasteiger partial charge >= 0.3 is 5.69 Å². The standard InChI is InChI=1S/C15H14ClN3O7S/c1-25-12-4-3-10(16)7-14(12)27(23,24)18-17-8-9-5-11(19(21)22)15(20)13(6-9)26-2/h3-8,18,20H,1-2H3/b17-8+. The Hall–Kier alpha value is -3.05. The maximum atomic E-state index is 12.4. The topological polar surface area (TPSA) is 140 Å². The normalized spacial score (nSPS) is 11.4. The number of hydrogen-bond donors (Lipinski definition) is 2. The summed E-state index contributed by atoms with van der Waals surface area (Å²) >= 11 is 5.82. The van der Waals surface area contributed by atoms with Crippen molar-refractivity contribution in [2.45, 2.75) is 4.90 Å². The number of phenolic OH excluding ortho intramolecular Hbond substituents is 1. The number of ether oxygens (including phenoxy) is 2. The van der Waals surface area contributed by atoms with Gasteiger partial charge in [-0.3, -0.25) is 10.1 Å². The van der Waals surface area contributed by atoms with E-state index in [1.807, 2.05) is 4.83 Å². The van der Waals surface area contributed by atoms with Gasteiger partial charge in [0.25, 0.3) is 10.0 Å². The summed E-state index contributed by atoms with van der Waals surface area (Å²) in [5.41, 5.74) is -0.493. The molecule has 10 nitrogen and oxygen atoms in total. The Balaban J connectivity index is 2.33. The van der Waals surface area contributed by atoms with Crippen LogP contribution >= 0.6 is 11.6 Å². The van der Waals surface area contributed by atoms with E-state index in [-0.39, 0.29) is 27.0 Å². The van der Waals surface area contributed by atoms with Crippen LogP contribution in [0.1, 0.15) is 5.56 Å². The largest absolute Gasteiger partial charge is 0.500 e. The van der Waals surface area contributed by atoms with Crippen LogP contribution in [-0.4, -0.2) is 38.9 Å². The molecule has 0 aliphatic carbocycles. The first-order valence-electron chi connectivity index (χ1n) is 7.13. The van der Waals surface area contributed by atoms with Crippen LogP contribution in [0.5, 0.6) is 17.2 Å². The van der Waals surface area contributed by atoms with E-state index in [0.29, 0.717) is 0 Å². The highest BCUT2D eigenvalue weighted by Gasteiger charge is 2.21. The third kappa shape index (κ3) is 4.57. The molecule has 0 amide bonds. The molecule has 0 aliphatic rings. The van der Waals surface area contributed by atoms with Crippen molar-refractivity contribution in [1.82, 2.24) is 4.83 Å². The summed E-state index contributed by atoms with van der Waals surface area (Å²) in [6.07, 6.45) is 1.02. The molecule has 27 heavy (non-hydrogen) atoms. The number of nitrogens with one attached hydrogen (secondary N) is 1. The number of phenols is 1. The predicted octanol–water partition coefficient (Wildman–Crippen LogP) is 2.28. The van der Waals surface area contributed by atoms with Crippen molar-refractivity contribution in [3.8, 4) is 17.2 Å². The number of rotatable bonds is 7. The molecule has 2 aromatic rings. The molecule has 0 saturated heterocycles. The van der Waals surface area contributed by atoms with Crippen LogP contribution in [-0.2, 0) is 10.0 Å². The summed E-state index contributed by atoms with van der Waals surface area (Å²) in [6.45, 7) is 0. The van der Waals surface area contributed by atoms with E-state index in [2.05, 4.69) is 5.10 Å². The smallest absolute Gasteiger partial charge is 0.315 e. The summed E-state index contributed by atoms with van der Waals surface area (Å²) in [4.78, 5) is 11.9. The summed E-state index contributed by atoms with van der Waals surface area (Å²) in [5, 5.41) is 24.5. The minimum Gasteiger partial charge on any atom is -0.500 e. The first-order chi connectivity index (χ1) is 12.7. The Morgan fingerprint density at radius 1 is 1.22 bits per heavy atom. The Labute approximate surface area is 159 Å². The molecule has 0 spiro atoms. The van der Waals surface area contributed by atoms with E-state index < -0.39 is 26.4 Å². The van der Waals surface area contributed by atoms with E-state index in [9.17, 15) is 23.6 Å². The van der Waals surface area contributed by atoms with Gasteiger partial charge in [-0.25, -0.2) is 0 Å². The molecule has 0 atom stereocenters. The van der Waals surface area contributed by atoms with E-state index >= 15 is 0 Å². The maximum absolute atomic E-state index is 12.4. The van der Waals surface area contributed by atoms with E-state index in [0.717, 1.165) is 12.3 Å². The van der Waals surface area contributed by atoms with Crippen molar-refractivity contribution >= 4 is 33.5 Å². The van der Waals surface area contributed by atoms with Crippen molar-refractivity contribution in [2.75, 3.05) is 14.2 Å². The Kier molecular flexibility index (Phi) is 6.08. The Morgan fingerprint density at radius 3 is 2.48 bits per heavy atom. The lowest BCUT2D eigenvalue weighted by molar-refractivity contribution is -0.386. The molecule has 0 fully saturated rings. The molecular formula is C15H14ClN3O7S. The van der Waals surface area contributed by atoms with Gasteiger partial charge in [0.2, 0.25) is 5.75 Å². The van der Waals surface area contributed by atoms with Crippen LogP contribution in [0.15, 0.2) is 40.3 Å². The minimum atomic E-state index is -4.12. The van der Waals surface area contributed by atoms with E-state index in [1.165, 1.54) is 38.5 Å². The second-order valence-corrected chi connectivity index (χ2v) is 7.06. The van der Waals surface area contributed by atoms with Crippen molar-refractivity contribution in [3.05, 3.63) is 51.0 Å². The molecule has 0 aliphatic heterocycles. The second kappa shape index (κ2) is 8.10. The SMILES string of the molecule is COc1ccc(Cl)cc1S(=O)(=O)N/N=C/c1cc(OC)c(O)c([N+](=O)[O-])c1. The number of benzene rings is 2. The second-order valence-electron chi connectivity index (χ2n) is 5.00. The molecule has 2 aromatic carbocycles. The van der Waals surface area contributed by atoms with Crippen molar-refractivity contribution in [3.63, 3.8) is 0 Å². The molecule has 0 heterocycles. The van der Waals surface area contributed by atoms with Crippen LogP contribution < -0.4 is 14.3 Å². The van der Waals surface area contributed by atoms with Gasteiger partial charge in [0.1, 0.15) is 10.6 Å². The molecule has 12 heteroatoms. The number of nitro groups is 1. The molecule has 2 N–H and O–H groups in total. The summed E-state index contributed by atoms with van der Waals surface area (Å²) in [7, 11) is -1.60. The zero-order valence-electron chi connectivity index (χ0n) is 14.0. The number of halogens is 1. The van der Waals surface area contributed by atoms with Gasteiger partial charge < -0.3 is 14.6 Å². The predicted molar refractivity (Wildman–Crippen MR) is 97.2 cm³/mol. The van der Waals surface area contributed by atoms with E-state index in [4.69, 9.17) is 21.1 Å². The van der Waals surface area contributed by atoms with Gasteiger partial charge in [-0.05, 0) is 24.3 Å². The third-order valence-corrected chi connectivity index (χ3v) is 4.77. The Morgan fingerprint density at radius 2 is 1.89 bits per heavy atom. The fraction of sp³-hybridized carbons (Fsp3) is 0.133. The maximum Gasteiger partial charge on any atom is 0.315 e. The molecule has 2 rings (SSSR count). The average Bonchev–Trinajstić information content (AvgIpc) is 2.62. The van der Waals surface area contributed by atoms with Crippen molar-refractivity contribution in [2.24, 2.45) is 5.10 Å². The van der Waals surface area contributed by atoms with Gasteiger partial charge in [-0.2, -0.15) is 18.4 Å². The summed E-state index contributed by atoms with van der Waals surface area (Å²) < 4.78 is 34.6. The highest BCUT2D eigenvalue weighted by molar-refractivity contribution is 7.89. The zero-order valence-corrected chi connectivity index (χ0v) is 15.6. The number of hydrogen-bond acceptors (Lipinski definition) is 8. The fourth-order valence-corrected chi connectivity index (χ4v) is 3.29. The molecule has 0 saturated carbocycles. The first-order valence-corrected chi connectivity index (χ1v) is 8.99. The number of nitrogens with zero attached hydrogens (tertiary/aromatic N) is 2. The quantitative estimate of drug-likeness (QED) is 0.401. The number of methoxy groups -OCH3 is 2. The molecule has 144 valence electrons. The van der Waals surface area contributed by atoms with Gasteiger partial charge in [0.15, 0.2) is 5.75 Å². The lowest BCUT2D eigenvalue weighted by atomic mass is 10.2. The van der Waals surface area contributed by atoms with Gasteiger partial charge in [-0.15, -0.1) is 0 Å². The molecular weight excluding hydrogens is 402 g/mol. The van der Waals surface area contributed by atoms with Crippen molar-refractivity contribution < 1.29 is 27.9 Å². The number of aromatic hydroxyl groups is 1. The number of nitro benzene ring substituents is 1. The van der Waals surface area contributed by atoms with Crippen LogP contribution in [0.3, 0.4) is 0 Å². The lowest BCUT2D eigenvalue weighted by Gasteiger charge is -2.09. The zero-order chi connectivity index (χ0) is 20.2. The van der Waals surface area contributed by atoms with Crippen LogP contribution in [0.2, 0.25) is 5.02 Å². The van der Waals surface area contributed by atoms with E-state index in [1.54, 1.807) is 0 Å². The fourth-order valence-electron chi connectivity index (χ4n) is 2.06. The lowest BCUT2D eigenvalue weighted by Crippen LogP contribution is -2.19. The molecule has 0 bridgehead atoms. The first kappa shape index (κ1) is 20.3. The van der Waals surface area contributed by atoms with Gasteiger partial charge in [-0.1, -0.05) is 11.6 Å².